The Bertz CT molecular complexity index is 451. The number of likely N-dealkylation sites (N-methyl/N-ethyl adjacent to an activating group) is 1. The van der Waals surface area contributed by atoms with Gasteiger partial charge in [0.1, 0.15) is 5.82 Å². The van der Waals surface area contributed by atoms with Gasteiger partial charge in [-0.05, 0) is 14.0 Å². The van der Waals surface area contributed by atoms with Crippen LogP contribution in [0.5, 0.6) is 0 Å². The average Bonchev–Trinajstić information content (AvgIpc) is 2.68. The van der Waals surface area contributed by atoms with E-state index < -0.39 is 5.97 Å². The lowest BCUT2D eigenvalue weighted by Crippen LogP contribution is -2.42. The van der Waals surface area contributed by atoms with E-state index in [4.69, 9.17) is 9.84 Å². The van der Waals surface area contributed by atoms with E-state index in [1.165, 1.54) is 11.8 Å². The summed E-state index contributed by atoms with van der Waals surface area (Å²) in [6.07, 6.45) is 0.0950. The third kappa shape index (κ3) is 3.92. The van der Waals surface area contributed by atoms with Crippen LogP contribution in [-0.2, 0) is 16.1 Å². The molecule has 0 aliphatic carbocycles. The highest BCUT2D eigenvalue weighted by molar-refractivity contribution is 7.99. The number of ether oxygens (including phenoxy) is 1. The van der Waals surface area contributed by atoms with Crippen LogP contribution >= 0.6 is 11.8 Å². The van der Waals surface area contributed by atoms with Gasteiger partial charge in [-0.2, -0.15) is 0 Å². The molecule has 1 saturated heterocycles. The van der Waals surface area contributed by atoms with Crippen molar-refractivity contribution in [3.05, 3.63) is 5.82 Å². The van der Waals surface area contributed by atoms with E-state index in [0.717, 1.165) is 25.5 Å². The summed E-state index contributed by atoms with van der Waals surface area (Å²) in [4.78, 5) is 12.8. The Hall–Kier alpha value is -1.12. The molecular weight excluding hydrogens is 268 g/mol. The van der Waals surface area contributed by atoms with Crippen LogP contribution in [0.1, 0.15) is 5.82 Å². The molecule has 0 bridgehead atoms. The van der Waals surface area contributed by atoms with E-state index >= 15 is 0 Å². The highest BCUT2D eigenvalue weighted by Crippen LogP contribution is 2.18. The maximum Gasteiger partial charge on any atom is 0.313 e. The molecule has 0 aromatic carbocycles. The zero-order valence-corrected chi connectivity index (χ0v) is 11.9. The van der Waals surface area contributed by atoms with Crippen LogP contribution in [0.2, 0.25) is 0 Å². The van der Waals surface area contributed by atoms with Crippen molar-refractivity contribution in [3.63, 3.8) is 0 Å². The lowest BCUT2D eigenvalue weighted by Gasteiger charge is -2.30. The molecule has 0 spiro atoms. The Morgan fingerprint density at radius 3 is 3.05 bits per heavy atom. The molecule has 1 aliphatic rings. The number of aryl methyl sites for hydroxylation is 1. The maximum absolute atomic E-state index is 10.6. The van der Waals surface area contributed by atoms with Crippen molar-refractivity contribution in [2.75, 3.05) is 32.5 Å². The van der Waals surface area contributed by atoms with E-state index in [1.54, 1.807) is 0 Å². The minimum Gasteiger partial charge on any atom is -0.481 e. The van der Waals surface area contributed by atoms with Gasteiger partial charge in [-0.25, -0.2) is 0 Å². The third-order valence-corrected chi connectivity index (χ3v) is 3.91. The molecule has 1 N–H and O–H groups in total. The number of aliphatic carboxylic acids is 1. The summed E-state index contributed by atoms with van der Waals surface area (Å²) >= 11 is 1.19. The zero-order valence-electron chi connectivity index (χ0n) is 11.1. The number of carbonyl (C=O) groups is 1. The SMILES string of the molecule is Cc1nnc(SCC(=O)O)n1CC1CN(C)CCO1. The summed E-state index contributed by atoms with van der Waals surface area (Å²) in [6.45, 7) is 5.05. The molecule has 1 aromatic heterocycles. The normalized spacial score (nSPS) is 20.6. The van der Waals surface area contributed by atoms with Crippen LogP contribution in [0.15, 0.2) is 5.16 Å². The first kappa shape index (κ1) is 14.3. The summed E-state index contributed by atoms with van der Waals surface area (Å²) in [6, 6.07) is 0. The van der Waals surface area contributed by atoms with Crippen molar-refractivity contribution in [3.8, 4) is 0 Å². The van der Waals surface area contributed by atoms with E-state index in [-0.39, 0.29) is 11.9 Å². The van der Waals surface area contributed by atoms with Crippen LogP contribution in [0.25, 0.3) is 0 Å². The fourth-order valence-corrected chi connectivity index (χ4v) is 2.70. The fraction of sp³-hybridized carbons (Fsp3) is 0.727. The Morgan fingerprint density at radius 2 is 2.37 bits per heavy atom. The van der Waals surface area contributed by atoms with Crippen molar-refractivity contribution in [2.45, 2.75) is 24.7 Å². The molecule has 19 heavy (non-hydrogen) atoms. The van der Waals surface area contributed by atoms with Gasteiger partial charge < -0.3 is 19.3 Å². The van der Waals surface area contributed by atoms with E-state index in [0.29, 0.717) is 11.7 Å². The number of rotatable bonds is 5. The second kappa shape index (κ2) is 6.36. The molecule has 8 heteroatoms. The number of carboxylic acid groups (broad SMARTS) is 1. The van der Waals surface area contributed by atoms with Gasteiger partial charge in [-0.1, -0.05) is 11.8 Å². The summed E-state index contributed by atoms with van der Waals surface area (Å²) in [5.41, 5.74) is 0. The molecular formula is C11H18N4O3S. The Kier molecular flexibility index (Phi) is 4.78. The highest BCUT2D eigenvalue weighted by Gasteiger charge is 2.21. The molecule has 0 amide bonds. The number of morpholine rings is 1. The molecule has 0 saturated carbocycles. The van der Waals surface area contributed by atoms with Gasteiger partial charge in [0.15, 0.2) is 5.16 Å². The molecule has 1 aromatic rings. The number of hydrogen-bond donors (Lipinski definition) is 1. The lowest BCUT2D eigenvalue weighted by molar-refractivity contribution is -0.133. The number of nitrogens with zero attached hydrogens (tertiary/aromatic N) is 4. The molecule has 0 radical (unpaired) electrons. The largest absolute Gasteiger partial charge is 0.481 e. The van der Waals surface area contributed by atoms with Crippen LogP contribution in [0.4, 0.5) is 0 Å². The topological polar surface area (TPSA) is 80.5 Å². The predicted octanol–water partition coefficient (Wildman–Crippen LogP) is 0.0938. The Balaban J connectivity index is 2.02. The first-order valence-corrected chi connectivity index (χ1v) is 7.09. The standard InChI is InChI=1S/C11H18N4O3S/c1-8-12-13-11(19-7-10(16)17)15(8)6-9-5-14(2)3-4-18-9/h9H,3-7H2,1-2H3,(H,16,17). The van der Waals surface area contributed by atoms with Gasteiger partial charge in [0.25, 0.3) is 0 Å². The molecule has 1 unspecified atom stereocenters. The maximum atomic E-state index is 10.6. The van der Waals surface area contributed by atoms with E-state index in [2.05, 4.69) is 22.1 Å². The summed E-state index contributed by atoms with van der Waals surface area (Å²) in [5, 5.41) is 17.4. The predicted molar refractivity (Wildman–Crippen MR) is 70.4 cm³/mol. The number of hydrogen-bond acceptors (Lipinski definition) is 6. The van der Waals surface area contributed by atoms with E-state index in [9.17, 15) is 4.79 Å². The second-order valence-corrected chi connectivity index (χ2v) is 5.52. The van der Waals surface area contributed by atoms with Gasteiger partial charge >= 0.3 is 5.97 Å². The molecule has 106 valence electrons. The summed E-state index contributed by atoms with van der Waals surface area (Å²) in [5.74, 6) is -0.0839. The zero-order chi connectivity index (χ0) is 13.8. The van der Waals surface area contributed by atoms with Crippen molar-refractivity contribution in [2.24, 2.45) is 0 Å². The Morgan fingerprint density at radius 1 is 1.58 bits per heavy atom. The average molecular weight is 286 g/mol. The van der Waals surface area contributed by atoms with Crippen LogP contribution in [0.3, 0.4) is 0 Å². The fourth-order valence-electron chi connectivity index (χ4n) is 1.99. The van der Waals surface area contributed by atoms with Crippen molar-refractivity contribution < 1.29 is 14.6 Å². The first-order valence-electron chi connectivity index (χ1n) is 6.11. The van der Waals surface area contributed by atoms with Crippen LogP contribution < -0.4 is 0 Å². The summed E-state index contributed by atoms with van der Waals surface area (Å²) < 4.78 is 7.64. The number of thioether (sulfide) groups is 1. The van der Waals surface area contributed by atoms with Gasteiger partial charge in [0.05, 0.1) is 25.0 Å². The monoisotopic (exact) mass is 286 g/mol. The van der Waals surface area contributed by atoms with Crippen LogP contribution in [0, 0.1) is 6.92 Å². The molecule has 7 nitrogen and oxygen atoms in total. The van der Waals surface area contributed by atoms with Crippen LogP contribution in [-0.4, -0.2) is 69.3 Å². The second-order valence-electron chi connectivity index (χ2n) is 4.58. The molecule has 1 fully saturated rings. The minimum absolute atomic E-state index is 0.0104. The molecule has 2 rings (SSSR count). The first-order chi connectivity index (χ1) is 9.06. The smallest absolute Gasteiger partial charge is 0.313 e. The molecule has 1 aliphatic heterocycles. The van der Waals surface area contributed by atoms with Crippen molar-refractivity contribution >= 4 is 17.7 Å². The number of aromatic nitrogens is 3. The van der Waals surface area contributed by atoms with Crippen molar-refractivity contribution in [1.82, 2.24) is 19.7 Å². The quantitative estimate of drug-likeness (QED) is 0.768. The number of carboxylic acids is 1. The van der Waals surface area contributed by atoms with Gasteiger partial charge in [-0.3, -0.25) is 4.79 Å². The molecule has 2 heterocycles. The van der Waals surface area contributed by atoms with E-state index in [1.807, 2.05) is 11.5 Å². The molecule has 1 atom stereocenters. The summed E-state index contributed by atoms with van der Waals surface area (Å²) in [7, 11) is 2.06. The lowest BCUT2D eigenvalue weighted by atomic mass is 10.3. The van der Waals surface area contributed by atoms with Gasteiger partial charge in [0, 0.05) is 13.1 Å². The Labute approximate surface area is 115 Å². The minimum atomic E-state index is -0.856. The highest BCUT2D eigenvalue weighted by atomic mass is 32.2. The third-order valence-electron chi connectivity index (χ3n) is 2.95. The van der Waals surface area contributed by atoms with Gasteiger partial charge in [0.2, 0.25) is 0 Å². The van der Waals surface area contributed by atoms with Gasteiger partial charge in [-0.15, -0.1) is 10.2 Å². The van der Waals surface area contributed by atoms with Crippen molar-refractivity contribution in [1.29, 1.82) is 0 Å².